The molecule has 154 valence electrons. The van der Waals surface area contributed by atoms with Crippen LogP contribution in [-0.4, -0.2) is 46.0 Å². The highest BCUT2D eigenvalue weighted by Gasteiger charge is 2.34. The SMILES string of the molecule is COC(=O)CN(c1cc(C(=O)OC)ccc1C)S(=O)(=O)c1ccccc1[N+](=O)[O-]. The molecular formula is C18H18N2O8S. The highest BCUT2D eigenvalue weighted by molar-refractivity contribution is 7.93. The number of anilines is 1. The molecule has 0 amide bonds. The Balaban J connectivity index is 2.74. The third-order valence-corrected chi connectivity index (χ3v) is 5.84. The Kier molecular flexibility index (Phi) is 6.54. The van der Waals surface area contributed by atoms with E-state index in [4.69, 9.17) is 0 Å². The van der Waals surface area contributed by atoms with Crippen LogP contribution in [0.4, 0.5) is 11.4 Å². The van der Waals surface area contributed by atoms with Crippen LogP contribution in [0.5, 0.6) is 0 Å². The maximum absolute atomic E-state index is 13.3. The molecule has 29 heavy (non-hydrogen) atoms. The number of sulfonamides is 1. The van der Waals surface area contributed by atoms with Gasteiger partial charge in [0.05, 0.1) is 30.4 Å². The summed E-state index contributed by atoms with van der Waals surface area (Å²) in [5.74, 6) is -1.61. The first-order valence-corrected chi connectivity index (χ1v) is 9.59. The molecular weight excluding hydrogens is 404 g/mol. The maximum atomic E-state index is 13.3. The molecule has 0 heterocycles. The fourth-order valence-electron chi connectivity index (χ4n) is 2.55. The lowest BCUT2D eigenvalue weighted by Crippen LogP contribution is -2.37. The largest absolute Gasteiger partial charge is 0.468 e. The van der Waals surface area contributed by atoms with Crippen LogP contribution >= 0.6 is 0 Å². The summed E-state index contributed by atoms with van der Waals surface area (Å²) in [5, 5.41) is 11.3. The van der Waals surface area contributed by atoms with Gasteiger partial charge in [0.2, 0.25) is 0 Å². The van der Waals surface area contributed by atoms with Crippen LogP contribution < -0.4 is 4.31 Å². The second-order valence-electron chi connectivity index (χ2n) is 5.81. The molecule has 0 N–H and O–H groups in total. The fraction of sp³-hybridized carbons (Fsp3) is 0.222. The zero-order valence-electron chi connectivity index (χ0n) is 15.8. The number of esters is 2. The number of ether oxygens (including phenoxy) is 2. The summed E-state index contributed by atoms with van der Waals surface area (Å²) in [4.78, 5) is 33.7. The van der Waals surface area contributed by atoms with Crippen molar-refractivity contribution in [3.8, 4) is 0 Å². The van der Waals surface area contributed by atoms with Crippen LogP contribution in [0, 0.1) is 17.0 Å². The van der Waals surface area contributed by atoms with Crippen LogP contribution in [-0.2, 0) is 24.3 Å². The molecule has 11 heteroatoms. The minimum absolute atomic E-state index is 0.0172. The molecule has 0 saturated carbocycles. The summed E-state index contributed by atoms with van der Waals surface area (Å²) in [6.07, 6.45) is 0. The van der Waals surface area contributed by atoms with Crippen molar-refractivity contribution < 1.29 is 32.4 Å². The zero-order chi connectivity index (χ0) is 21.8. The highest BCUT2D eigenvalue weighted by Crippen LogP contribution is 2.32. The Bertz CT molecular complexity index is 1070. The van der Waals surface area contributed by atoms with Crippen molar-refractivity contribution in [2.24, 2.45) is 0 Å². The molecule has 10 nitrogen and oxygen atoms in total. The quantitative estimate of drug-likeness (QED) is 0.376. The minimum atomic E-state index is -4.57. The van der Waals surface area contributed by atoms with Crippen molar-refractivity contribution in [2.45, 2.75) is 11.8 Å². The molecule has 0 radical (unpaired) electrons. The van der Waals surface area contributed by atoms with Gasteiger partial charge in [0.1, 0.15) is 6.54 Å². The van der Waals surface area contributed by atoms with E-state index in [0.29, 0.717) is 9.87 Å². The second kappa shape index (κ2) is 8.69. The minimum Gasteiger partial charge on any atom is -0.468 e. The number of aryl methyl sites for hydroxylation is 1. The van der Waals surface area contributed by atoms with Gasteiger partial charge in [0, 0.05) is 6.07 Å². The van der Waals surface area contributed by atoms with Gasteiger partial charge in [-0.15, -0.1) is 0 Å². The molecule has 0 aromatic heterocycles. The van der Waals surface area contributed by atoms with Gasteiger partial charge in [-0.05, 0) is 30.7 Å². The van der Waals surface area contributed by atoms with Gasteiger partial charge in [0.15, 0.2) is 4.90 Å². The number of nitro groups is 1. The van der Waals surface area contributed by atoms with E-state index >= 15 is 0 Å². The average molecular weight is 422 g/mol. The lowest BCUT2D eigenvalue weighted by molar-refractivity contribution is -0.387. The molecule has 2 aromatic carbocycles. The predicted molar refractivity (Wildman–Crippen MR) is 102 cm³/mol. The number of rotatable bonds is 7. The van der Waals surface area contributed by atoms with E-state index in [1.165, 1.54) is 30.3 Å². The highest BCUT2D eigenvalue weighted by atomic mass is 32.2. The van der Waals surface area contributed by atoms with Crippen LogP contribution in [0.2, 0.25) is 0 Å². The van der Waals surface area contributed by atoms with E-state index in [1.807, 2.05) is 0 Å². The topological polar surface area (TPSA) is 133 Å². The lowest BCUT2D eigenvalue weighted by atomic mass is 10.1. The van der Waals surface area contributed by atoms with Crippen molar-refractivity contribution in [2.75, 3.05) is 25.1 Å². The molecule has 0 fully saturated rings. The summed E-state index contributed by atoms with van der Waals surface area (Å²) >= 11 is 0. The van der Waals surface area contributed by atoms with Crippen LogP contribution in [0.15, 0.2) is 47.4 Å². The van der Waals surface area contributed by atoms with Gasteiger partial charge in [-0.25, -0.2) is 13.2 Å². The molecule has 0 spiro atoms. The number of nitrogens with zero attached hydrogens (tertiary/aromatic N) is 2. The normalized spacial score (nSPS) is 10.9. The van der Waals surface area contributed by atoms with E-state index in [-0.39, 0.29) is 11.3 Å². The van der Waals surface area contributed by atoms with Crippen LogP contribution in [0.25, 0.3) is 0 Å². The van der Waals surface area contributed by atoms with E-state index in [9.17, 15) is 28.1 Å². The van der Waals surface area contributed by atoms with Crippen molar-refractivity contribution in [1.29, 1.82) is 0 Å². The Labute approximate surface area is 166 Å². The smallest absolute Gasteiger partial charge is 0.337 e. The molecule has 0 saturated heterocycles. The van der Waals surface area contributed by atoms with Gasteiger partial charge < -0.3 is 9.47 Å². The molecule has 0 unspecified atom stereocenters. The molecule has 0 aliphatic heterocycles. The standard InChI is InChI=1S/C18H18N2O8S/c1-12-8-9-13(18(22)28-3)10-15(12)19(11-17(21)27-2)29(25,26)16-7-5-4-6-14(16)20(23)24/h4-10H,11H2,1-3H3. The molecule has 2 aromatic rings. The predicted octanol–water partition coefficient (Wildman–Crippen LogP) is 2.06. The summed E-state index contributed by atoms with van der Waals surface area (Å²) in [6.45, 7) is 0.811. The fourth-order valence-corrected chi connectivity index (χ4v) is 4.18. The number of methoxy groups -OCH3 is 2. The van der Waals surface area contributed by atoms with Crippen molar-refractivity contribution in [3.63, 3.8) is 0 Å². The van der Waals surface area contributed by atoms with Crippen LogP contribution in [0.3, 0.4) is 0 Å². The summed E-state index contributed by atoms with van der Waals surface area (Å²) in [6, 6.07) is 8.90. The van der Waals surface area contributed by atoms with Gasteiger partial charge in [-0.1, -0.05) is 18.2 Å². The van der Waals surface area contributed by atoms with Crippen molar-refractivity contribution in [3.05, 3.63) is 63.7 Å². The van der Waals surface area contributed by atoms with Gasteiger partial charge in [0.25, 0.3) is 15.7 Å². The van der Waals surface area contributed by atoms with Crippen LogP contribution in [0.1, 0.15) is 15.9 Å². The Morgan fingerprint density at radius 3 is 2.34 bits per heavy atom. The zero-order valence-corrected chi connectivity index (χ0v) is 16.6. The maximum Gasteiger partial charge on any atom is 0.337 e. The summed E-state index contributed by atoms with van der Waals surface area (Å²) in [7, 11) is -2.32. The first-order valence-electron chi connectivity index (χ1n) is 8.15. The van der Waals surface area contributed by atoms with E-state index < -0.39 is 44.0 Å². The van der Waals surface area contributed by atoms with E-state index in [2.05, 4.69) is 9.47 Å². The number of carbonyl (C=O) groups is 2. The molecule has 0 atom stereocenters. The molecule has 2 rings (SSSR count). The number of para-hydroxylation sites is 1. The Morgan fingerprint density at radius 1 is 1.10 bits per heavy atom. The van der Waals surface area contributed by atoms with E-state index in [0.717, 1.165) is 26.4 Å². The van der Waals surface area contributed by atoms with Gasteiger partial charge in [-0.3, -0.25) is 19.2 Å². The average Bonchev–Trinajstić information content (AvgIpc) is 2.71. The van der Waals surface area contributed by atoms with Crippen molar-refractivity contribution >= 4 is 33.3 Å². The number of hydrogen-bond acceptors (Lipinski definition) is 8. The molecule has 0 bridgehead atoms. The monoisotopic (exact) mass is 422 g/mol. The molecule has 0 aliphatic rings. The number of nitro benzene ring substituents is 1. The number of carbonyl (C=O) groups excluding carboxylic acids is 2. The van der Waals surface area contributed by atoms with E-state index in [1.54, 1.807) is 6.92 Å². The van der Waals surface area contributed by atoms with Gasteiger partial charge in [-0.2, -0.15) is 0 Å². The third kappa shape index (κ3) is 4.51. The third-order valence-electron chi connectivity index (χ3n) is 4.03. The first-order chi connectivity index (χ1) is 13.6. The van der Waals surface area contributed by atoms with Crippen molar-refractivity contribution in [1.82, 2.24) is 0 Å². The Hall–Kier alpha value is -3.47. The first kappa shape index (κ1) is 21.8. The number of benzene rings is 2. The Morgan fingerprint density at radius 2 is 1.76 bits per heavy atom. The lowest BCUT2D eigenvalue weighted by Gasteiger charge is -2.25. The second-order valence-corrected chi connectivity index (χ2v) is 7.64. The van der Waals surface area contributed by atoms with Gasteiger partial charge >= 0.3 is 11.9 Å². The number of hydrogen-bond donors (Lipinski definition) is 0. The summed E-state index contributed by atoms with van der Waals surface area (Å²) in [5.41, 5.74) is -0.218. The summed E-state index contributed by atoms with van der Waals surface area (Å²) < 4.78 is 36.5. The molecule has 0 aliphatic carbocycles.